The van der Waals surface area contributed by atoms with Crippen LogP contribution in [0.5, 0.6) is 5.75 Å². The highest BCUT2D eigenvalue weighted by Gasteiger charge is 2.56. The third-order valence-electron chi connectivity index (χ3n) is 6.28. The Morgan fingerprint density at radius 3 is 2.50 bits per heavy atom. The number of carbonyl (C=O) groups excluding carboxylic acids is 1. The zero-order chi connectivity index (χ0) is 24.9. The highest BCUT2D eigenvalue weighted by molar-refractivity contribution is 5.69. The van der Waals surface area contributed by atoms with Crippen molar-refractivity contribution in [1.82, 2.24) is 19.5 Å². The lowest BCUT2D eigenvalue weighted by atomic mass is 9.78. The molecule has 1 aliphatic heterocycles. The maximum atomic E-state index is 13.0. The molecule has 184 valence electrons. The summed E-state index contributed by atoms with van der Waals surface area (Å²) in [6.07, 6.45) is -3.96. The van der Waals surface area contributed by atoms with Gasteiger partial charge in [-0.1, -0.05) is 0 Å². The van der Waals surface area contributed by atoms with E-state index in [1.807, 2.05) is 0 Å². The highest BCUT2D eigenvalue weighted by atomic mass is 19.4. The van der Waals surface area contributed by atoms with E-state index in [0.29, 0.717) is 13.1 Å². The number of pyridine rings is 1. The van der Waals surface area contributed by atoms with E-state index in [9.17, 15) is 23.2 Å². The van der Waals surface area contributed by atoms with Crippen LogP contribution in [0.15, 0.2) is 18.3 Å². The van der Waals surface area contributed by atoms with E-state index in [0.717, 1.165) is 19.8 Å². The van der Waals surface area contributed by atoms with Crippen LogP contribution in [0.3, 0.4) is 0 Å². The summed E-state index contributed by atoms with van der Waals surface area (Å²) in [6.45, 7) is 7.00. The monoisotopic (exact) mass is 480 g/mol. The van der Waals surface area contributed by atoms with E-state index in [1.54, 1.807) is 25.7 Å². The summed E-state index contributed by atoms with van der Waals surface area (Å²) in [7, 11) is 0. The lowest BCUT2D eigenvalue weighted by Crippen LogP contribution is -2.59. The third-order valence-corrected chi connectivity index (χ3v) is 6.28. The Hall–Kier alpha value is -3.23. The van der Waals surface area contributed by atoms with Gasteiger partial charge in [-0.2, -0.15) is 23.4 Å². The van der Waals surface area contributed by atoms with Crippen LogP contribution in [0.1, 0.15) is 40.5 Å². The SMILES string of the molecule is C[C@@H](Oc1cccn2nc(NC3(C#N)C4CC[C@@H]3CN(C(=O)OC(C)(C)C)C4)nc12)C(F)(F)F. The zero-order valence-corrected chi connectivity index (χ0v) is 19.4. The number of alkyl halides is 3. The summed E-state index contributed by atoms with van der Waals surface area (Å²) in [5, 5.41) is 17.6. The van der Waals surface area contributed by atoms with Crippen LogP contribution < -0.4 is 10.1 Å². The molecule has 2 aromatic rings. The quantitative estimate of drug-likeness (QED) is 0.705. The number of nitriles is 1. The van der Waals surface area contributed by atoms with E-state index in [2.05, 4.69) is 21.5 Å². The first-order valence-corrected chi connectivity index (χ1v) is 11.1. The third kappa shape index (κ3) is 4.43. The molecule has 2 aromatic heterocycles. The average Bonchev–Trinajstić information content (AvgIpc) is 3.19. The van der Waals surface area contributed by atoms with Crippen molar-refractivity contribution in [3.8, 4) is 11.8 Å². The average molecular weight is 480 g/mol. The van der Waals surface area contributed by atoms with Crippen molar-refractivity contribution in [3.63, 3.8) is 0 Å². The normalized spacial score (nSPS) is 25.6. The van der Waals surface area contributed by atoms with Gasteiger partial charge in [0.2, 0.25) is 5.95 Å². The molecule has 4 rings (SSSR count). The number of likely N-dealkylation sites (tertiary alicyclic amines) is 1. The Morgan fingerprint density at radius 2 is 1.94 bits per heavy atom. The Morgan fingerprint density at radius 1 is 1.29 bits per heavy atom. The van der Waals surface area contributed by atoms with Crippen LogP contribution >= 0.6 is 0 Å². The van der Waals surface area contributed by atoms with Gasteiger partial charge in [0.1, 0.15) is 11.1 Å². The standard InChI is InChI=1S/C22H27F3N6O3/c1-13(22(23,24)25)33-16-6-5-9-31-17(16)27-18(29-31)28-21(12-26)14-7-8-15(21)11-30(10-14)19(32)34-20(2,3)4/h5-6,9,13-15H,7-8,10-11H2,1-4H3,(H,28,29)/t13-,14-,15?,21?/m1/s1. The minimum absolute atomic E-state index is 0.0680. The molecule has 2 aliphatic rings. The zero-order valence-electron chi connectivity index (χ0n) is 19.4. The van der Waals surface area contributed by atoms with Crippen molar-refractivity contribution < 1.29 is 27.4 Å². The van der Waals surface area contributed by atoms with Gasteiger partial charge in [0.15, 0.2) is 17.5 Å². The van der Waals surface area contributed by atoms with Crippen molar-refractivity contribution in [2.45, 2.75) is 64.0 Å². The van der Waals surface area contributed by atoms with Gasteiger partial charge >= 0.3 is 12.3 Å². The number of nitrogens with zero attached hydrogens (tertiary/aromatic N) is 5. The van der Waals surface area contributed by atoms with E-state index in [4.69, 9.17) is 9.47 Å². The molecule has 2 bridgehead atoms. The second-order valence-electron chi connectivity index (χ2n) is 9.84. The van der Waals surface area contributed by atoms with E-state index in [1.165, 1.54) is 22.8 Å². The Labute approximate surface area is 194 Å². The fourth-order valence-electron chi connectivity index (χ4n) is 4.63. The summed E-state index contributed by atoms with van der Waals surface area (Å²) in [4.78, 5) is 18.5. The molecule has 0 radical (unpaired) electrons. The maximum Gasteiger partial charge on any atom is 0.425 e. The fraction of sp³-hybridized carbons (Fsp3) is 0.636. The van der Waals surface area contributed by atoms with Crippen molar-refractivity contribution in [1.29, 1.82) is 5.26 Å². The number of hydrogen-bond donors (Lipinski definition) is 1. The number of rotatable bonds is 4. The fourth-order valence-corrected chi connectivity index (χ4v) is 4.63. The van der Waals surface area contributed by atoms with Gasteiger partial charge in [-0.3, -0.25) is 0 Å². The minimum Gasteiger partial charge on any atom is -0.477 e. The lowest BCUT2D eigenvalue weighted by molar-refractivity contribution is -0.189. The van der Waals surface area contributed by atoms with Gasteiger partial charge in [-0.25, -0.2) is 9.31 Å². The number of halogens is 3. The first-order chi connectivity index (χ1) is 15.8. The van der Waals surface area contributed by atoms with Gasteiger partial charge in [-0.05, 0) is 52.7 Å². The number of anilines is 1. The first kappa shape index (κ1) is 23.9. The molecular weight excluding hydrogens is 453 g/mol. The summed E-state index contributed by atoms with van der Waals surface area (Å²) >= 11 is 0. The van der Waals surface area contributed by atoms with Gasteiger partial charge in [0, 0.05) is 31.1 Å². The number of hydrogen-bond acceptors (Lipinski definition) is 7. The minimum atomic E-state index is -4.53. The summed E-state index contributed by atoms with van der Waals surface area (Å²) in [5.74, 6) is -0.325. The number of carbonyl (C=O) groups is 1. The smallest absolute Gasteiger partial charge is 0.425 e. The molecule has 2 unspecified atom stereocenters. The van der Waals surface area contributed by atoms with Crippen LogP contribution in [0.4, 0.5) is 23.9 Å². The molecule has 1 amide bonds. The van der Waals surface area contributed by atoms with Crippen LogP contribution in [0, 0.1) is 23.2 Å². The van der Waals surface area contributed by atoms with Crippen LogP contribution in [-0.2, 0) is 4.74 Å². The number of amides is 1. The number of fused-ring (bicyclic) bond motifs is 3. The molecule has 2 fully saturated rings. The van der Waals surface area contributed by atoms with Crippen molar-refractivity contribution >= 4 is 17.7 Å². The molecule has 4 atom stereocenters. The van der Waals surface area contributed by atoms with Crippen molar-refractivity contribution in [2.75, 3.05) is 18.4 Å². The lowest BCUT2D eigenvalue weighted by Gasteiger charge is -2.43. The molecule has 34 heavy (non-hydrogen) atoms. The summed E-state index contributed by atoms with van der Waals surface area (Å²) in [6, 6.07) is 5.28. The van der Waals surface area contributed by atoms with E-state index in [-0.39, 0.29) is 29.2 Å². The van der Waals surface area contributed by atoms with Gasteiger partial charge in [0.25, 0.3) is 0 Å². The Bertz CT molecular complexity index is 1110. The predicted octanol–water partition coefficient (Wildman–Crippen LogP) is 4.01. The largest absolute Gasteiger partial charge is 0.477 e. The van der Waals surface area contributed by atoms with Crippen molar-refractivity contribution in [2.24, 2.45) is 11.8 Å². The summed E-state index contributed by atoms with van der Waals surface area (Å²) < 4.78 is 50.8. The molecule has 1 N–H and O–H groups in total. The molecule has 3 heterocycles. The molecular formula is C22H27F3N6O3. The Balaban J connectivity index is 1.56. The second-order valence-corrected chi connectivity index (χ2v) is 9.84. The first-order valence-electron chi connectivity index (χ1n) is 11.1. The van der Waals surface area contributed by atoms with Crippen molar-refractivity contribution in [3.05, 3.63) is 18.3 Å². The highest BCUT2D eigenvalue weighted by Crippen LogP contribution is 2.46. The number of aromatic nitrogens is 3. The van der Waals surface area contributed by atoms with Crippen LogP contribution in [0.25, 0.3) is 5.65 Å². The van der Waals surface area contributed by atoms with E-state index >= 15 is 0 Å². The molecule has 1 aliphatic carbocycles. The predicted molar refractivity (Wildman–Crippen MR) is 115 cm³/mol. The topological polar surface area (TPSA) is 105 Å². The molecule has 0 aromatic carbocycles. The molecule has 9 nitrogen and oxygen atoms in total. The van der Waals surface area contributed by atoms with Crippen LogP contribution in [-0.4, -0.2) is 62.1 Å². The molecule has 1 saturated carbocycles. The maximum absolute atomic E-state index is 13.0. The summed E-state index contributed by atoms with van der Waals surface area (Å²) in [5.41, 5.74) is -1.53. The number of ether oxygens (including phenoxy) is 2. The number of nitrogens with one attached hydrogen (secondary N) is 1. The number of piperidine rings is 1. The molecule has 0 spiro atoms. The second kappa shape index (κ2) is 8.21. The van der Waals surface area contributed by atoms with Gasteiger partial charge in [-0.15, -0.1) is 5.10 Å². The Kier molecular flexibility index (Phi) is 5.78. The van der Waals surface area contributed by atoms with Gasteiger partial charge < -0.3 is 19.7 Å². The molecule has 1 saturated heterocycles. The van der Waals surface area contributed by atoms with E-state index < -0.39 is 29.5 Å². The van der Waals surface area contributed by atoms with Gasteiger partial charge in [0.05, 0.1) is 6.07 Å². The van der Waals surface area contributed by atoms with Crippen LogP contribution in [0.2, 0.25) is 0 Å². The molecule has 12 heteroatoms.